The fourth-order valence-electron chi connectivity index (χ4n) is 1.69. The zero-order valence-electron chi connectivity index (χ0n) is 9.46. The lowest BCUT2D eigenvalue weighted by Crippen LogP contribution is -1.94. The third-order valence-electron chi connectivity index (χ3n) is 2.58. The molecule has 104 valence electrons. The minimum Gasteiger partial charge on any atom is -0.224 e. The van der Waals surface area contributed by atoms with Crippen LogP contribution in [0, 0.1) is 0 Å². The van der Waals surface area contributed by atoms with Gasteiger partial charge >= 0.3 is 0 Å². The van der Waals surface area contributed by atoms with Gasteiger partial charge in [0.25, 0.3) is 0 Å². The molecule has 0 radical (unpaired) electrons. The quantitative estimate of drug-likeness (QED) is 0.245. The third kappa shape index (κ3) is 2.86. The highest BCUT2D eigenvalue weighted by Gasteiger charge is 2.23. The van der Waals surface area contributed by atoms with Crippen molar-refractivity contribution in [1.29, 1.82) is 0 Å². The minimum atomic E-state index is 0.109. The summed E-state index contributed by atoms with van der Waals surface area (Å²) in [6.07, 6.45) is 0. The molecule has 2 aromatic carbocycles. The van der Waals surface area contributed by atoms with E-state index in [9.17, 15) is 0 Å². The third-order valence-corrected chi connectivity index (χ3v) is 5.25. The Balaban J connectivity index is 2.88. The van der Waals surface area contributed by atoms with Crippen molar-refractivity contribution in [3.8, 4) is 11.1 Å². The summed E-state index contributed by atoms with van der Waals surface area (Å²) in [5, 5.41) is 0.773. The normalized spacial score (nSPS) is 10.7. The standard InChI is InChI=1S/C12H4Cl5NS2/c13-8-7(9(14)11(16)12(17)10(8)15)5-3-1-2-4-6(5)18(19)20/h1-4H. The molecule has 0 aliphatic rings. The maximum atomic E-state index is 6.24. The highest BCUT2D eigenvalue weighted by molar-refractivity contribution is 7.58. The number of hydrogen-bond donors (Lipinski definition) is 0. The molecular formula is C12H4Cl5NS2. The van der Waals surface area contributed by atoms with Crippen LogP contribution in [-0.2, 0) is 25.2 Å². The molecule has 0 fully saturated rings. The predicted octanol–water partition coefficient (Wildman–Crippen LogP) is 6.46. The minimum absolute atomic E-state index is 0.109. The lowest BCUT2D eigenvalue weighted by atomic mass is 10.0. The molecule has 0 aromatic heterocycles. The molecule has 0 bridgehead atoms. The summed E-state index contributed by atoms with van der Waals surface area (Å²) in [5.74, 6) is 0. The molecule has 0 atom stereocenters. The molecule has 0 aliphatic carbocycles. The summed E-state index contributed by atoms with van der Waals surface area (Å²) in [4.78, 5) is 0. The van der Waals surface area contributed by atoms with Crippen molar-refractivity contribution < 1.29 is 3.35 Å². The van der Waals surface area contributed by atoms with Gasteiger partial charge in [0.05, 0.1) is 30.7 Å². The van der Waals surface area contributed by atoms with Gasteiger partial charge in [0, 0.05) is 11.6 Å². The van der Waals surface area contributed by atoms with Crippen molar-refractivity contribution in [2.24, 2.45) is 0 Å². The Hall–Kier alpha value is 0.130. The first-order valence-electron chi connectivity index (χ1n) is 5.11. The lowest BCUT2D eigenvalue weighted by Gasteiger charge is -2.13. The van der Waals surface area contributed by atoms with E-state index in [1.54, 1.807) is 24.3 Å². The van der Waals surface area contributed by atoms with Crippen molar-refractivity contribution in [2.45, 2.75) is 0 Å². The fraction of sp³-hybridized carbons (Fsp3) is 0. The largest absolute Gasteiger partial charge is 0.224 e. The second kappa shape index (κ2) is 6.49. The van der Waals surface area contributed by atoms with Gasteiger partial charge in [0.2, 0.25) is 5.69 Å². The van der Waals surface area contributed by atoms with Crippen molar-refractivity contribution >= 4 is 88.9 Å². The Kier molecular flexibility index (Phi) is 5.35. The van der Waals surface area contributed by atoms with E-state index in [0.717, 1.165) is 3.35 Å². The topological polar surface area (TPSA) is 3.01 Å². The first kappa shape index (κ1) is 16.5. The number of halogens is 5. The van der Waals surface area contributed by atoms with E-state index in [0.29, 0.717) is 16.8 Å². The Labute approximate surface area is 152 Å². The van der Waals surface area contributed by atoms with Gasteiger partial charge in [-0.2, -0.15) is 0 Å². The average Bonchev–Trinajstić information content (AvgIpc) is 2.43. The molecule has 8 heteroatoms. The van der Waals surface area contributed by atoms with Crippen LogP contribution in [0.15, 0.2) is 24.3 Å². The summed E-state index contributed by atoms with van der Waals surface area (Å²) in [7, 11) is 0. The maximum Gasteiger partial charge on any atom is 0.210 e. The van der Waals surface area contributed by atoms with Crippen LogP contribution in [0.25, 0.3) is 11.1 Å². The van der Waals surface area contributed by atoms with Crippen molar-refractivity contribution in [1.82, 2.24) is 0 Å². The molecule has 0 saturated heterocycles. The van der Waals surface area contributed by atoms with Crippen LogP contribution >= 0.6 is 58.0 Å². The fourth-order valence-corrected chi connectivity index (χ4v) is 3.35. The van der Waals surface area contributed by atoms with Gasteiger partial charge in [0.15, 0.2) is 0 Å². The summed E-state index contributed by atoms with van der Waals surface area (Å²) in [6, 6.07) is 7.12. The van der Waals surface area contributed by atoms with E-state index >= 15 is 0 Å². The lowest BCUT2D eigenvalue weighted by molar-refractivity contribution is -0.196. The van der Waals surface area contributed by atoms with Gasteiger partial charge in [-0.3, -0.25) is 0 Å². The van der Waals surface area contributed by atoms with Crippen LogP contribution in [0.4, 0.5) is 5.69 Å². The molecule has 0 amide bonds. The maximum absolute atomic E-state index is 6.24. The summed E-state index contributed by atoms with van der Waals surface area (Å²) < 4.78 is 1.12. The highest BCUT2D eigenvalue weighted by atomic mass is 35.5. The monoisotopic (exact) mass is 401 g/mol. The SMILES string of the molecule is S=[N+]([S-])c1ccccc1-c1c(Cl)c(Cl)c(Cl)c(Cl)c1Cl. The molecular weight excluding hydrogens is 400 g/mol. The first-order chi connectivity index (χ1) is 9.36. The van der Waals surface area contributed by atoms with Gasteiger partial charge < -0.3 is 0 Å². The Bertz CT molecular complexity index is 688. The molecule has 0 unspecified atom stereocenters. The van der Waals surface area contributed by atoms with Crippen LogP contribution in [-0.4, -0.2) is 3.35 Å². The molecule has 2 aromatic rings. The second-order valence-electron chi connectivity index (χ2n) is 3.72. The zero-order valence-corrected chi connectivity index (χ0v) is 14.9. The Morgan fingerprint density at radius 3 is 1.75 bits per heavy atom. The van der Waals surface area contributed by atoms with E-state index in [2.05, 4.69) is 0 Å². The molecule has 1 nitrogen and oxygen atoms in total. The van der Waals surface area contributed by atoms with Crippen LogP contribution in [0.1, 0.15) is 0 Å². The molecule has 0 saturated carbocycles. The summed E-state index contributed by atoms with van der Waals surface area (Å²) in [6.45, 7) is 0. The van der Waals surface area contributed by atoms with Crippen molar-refractivity contribution in [3.05, 3.63) is 49.4 Å². The Morgan fingerprint density at radius 2 is 1.25 bits per heavy atom. The van der Waals surface area contributed by atoms with Gasteiger partial charge in [-0.1, -0.05) is 95.4 Å². The van der Waals surface area contributed by atoms with Gasteiger partial charge in [-0.15, -0.1) is 0 Å². The van der Waals surface area contributed by atoms with Crippen LogP contribution in [0.5, 0.6) is 0 Å². The molecule has 0 heterocycles. The van der Waals surface area contributed by atoms with Crippen molar-refractivity contribution in [3.63, 3.8) is 0 Å². The average molecular weight is 404 g/mol. The number of hydrogen-bond acceptors (Lipinski definition) is 2. The zero-order chi connectivity index (χ0) is 15.0. The highest BCUT2D eigenvalue weighted by Crippen LogP contribution is 2.49. The number of benzene rings is 2. The van der Waals surface area contributed by atoms with E-state index in [4.69, 9.17) is 83.2 Å². The van der Waals surface area contributed by atoms with Gasteiger partial charge in [-0.05, 0) is 6.07 Å². The van der Waals surface area contributed by atoms with Gasteiger partial charge in [-0.25, -0.2) is 3.35 Å². The smallest absolute Gasteiger partial charge is 0.210 e. The van der Waals surface area contributed by atoms with E-state index in [-0.39, 0.29) is 25.1 Å². The molecule has 0 spiro atoms. The van der Waals surface area contributed by atoms with Crippen LogP contribution in [0.2, 0.25) is 25.1 Å². The molecule has 0 aliphatic heterocycles. The second-order valence-corrected chi connectivity index (χ2v) is 6.57. The molecule has 0 N–H and O–H groups in total. The predicted molar refractivity (Wildman–Crippen MR) is 91.6 cm³/mol. The summed E-state index contributed by atoms with van der Waals surface area (Å²) >= 11 is 40.5. The summed E-state index contributed by atoms with van der Waals surface area (Å²) in [5.41, 5.74) is 1.66. The van der Waals surface area contributed by atoms with E-state index in [1.807, 2.05) is 0 Å². The van der Waals surface area contributed by atoms with E-state index < -0.39 is 0 Å². The first-order valence-corrected chi connectivity index (χ1v) is 7.73. The number of rotatable bonds is 2. The Morgan fingerprint density at radius 1 is 0.800 bits per heavy atom. The molecule has 2 rings (SSSR count). The van der Waals surface area contributed by atoms with Crippen molar-refractivity contribution in [2.75, 3.05) is 0 Å². The van der Waals surface area contributed by atoms with Crippen LogP contribution < -0.4 is 0 Å². The van der Waals surface area contributed by atoms with Crippen LogP contribution in [0.3, 0.4) is 0 Å². The number of nitrogens with zero attached hydrogens (tertiary/aromatic N) is 1. The number of para-hydroxylation sites is 1. The van der Waals surface area contributed by atoms with E-state index in [1.165, 1.54) is 0 Å². The molecule has 20 heavy (non-hydrogen) atoms. The van der Waals surface area contributed by atoms with Gasteiger partial charge in [0.1, 0.15) is 0 Å².